The van der Waals surface area contributed by atoms with E-state index in [-0.39, 0.29) is 21.9 Å². The van der Waals surface area contributed by atoms with Crippen LogP contribution in [0.2, 0.25) is 10.0 Å². The number of benzene rings is 1. The molecule has 9 heteroatoms. The van der Waals surface area contributed by atoms with Crippen LogP contribution in [0.25, 0.3) is 11.3 Å². The second kappa shape index (κ2) is 7.69. The smallest absolute Gasteiger partial charge is 0.227 e. The van der Waals surface area contributed by atoms with E-state index in [2.05, 4.69) is 20.3 Å². The SMILES string of the molecule is O=C1CCCN1c1cncc(Nc2ncc(Cl)c(-c3ccc(F)cc3Cl)n2)c1. The van der Waals surface area contributed by atoms with Gasteiger partial charge in [0.1, 0.15) is 5.82 Å². The van der Waals surface area contributed by atoms with E-state index in [1.54, 1.807) is 23.4 Å². The molecule has 0 spiro atoms. The lowest BCUT2D eigenvalue weighted by Gasteiger charge is -2.16. The zero-order valence-electron chi connectivity index (χ0n) is 14.5. The second-order valence-corrected chi connectivity index (χ2v) is 7.03. The molecule has 4 rings (SSSR count). The third-order valence-electron chi connectivity index (χ3n) is 4.30. The molecule has 0 saturated carbocycles. The average molecular weight is 418 g/mol. The van der Waals surface area contributed by atoms with Crippen molar-refractivity contribution in [1.82, 2.24) is 15.0 Å². The number of hydrogen-bond acceptors (Lipinski definition) is 5. The minimum absolute atomic E-state index is 0.0786. The lowest BCUT2D eigenvalue weighted by atomic mass is 10.1. The topological polar surface area (TPSA) is 71.0 Å². The predicted octanol–water partition coefficient (Wildman–Crippen LogP) is 4.85. The van der Waals surface area contributed by atoms with Gasteiger partial charge in [0.15, 0.2) is 0 Å². The molecule has 1 aliphatic rings. The van der Waals surface area contributed by atoms with Gasteiger partial charge in [0.25, 0.3) is 0 Å². The summed E-state index contributed by atoms with van der Waals surface area (Å²) in [5.74, 6) is -0.0990. The molecule has 0 unspecified atom stereocenters. The third-order valence-corrected chi connectivity index (χ3v) is 4.88. The van der Waals surface area contributed by atoms with Crippen LogP contribution < -0.4 is 10.2 Å². The van der Waals surface area contributed by atoms with Crippen molar-refractivity contribution in [2.45, 2.75) is 12.8 Å². The Kier molecular flexibility index (Phi) is 5.11. The monoisotopic (exact) mass is 417 g/mol. The molecule has 3 aromatic rings. The van der Waals surface area contributed by atoms with Crippen molar-refractivity contribution in [2.24, 2.45) is 0 Å². The number of carbonyl (C=O) groups is 1. The molecule has 3 heterocycles. The normalized spacial score (nSPS) is 13.8. The molecule has 1 aliphatic heterocycles. The van der Waals surface area contributed by atoms with Gasteiger partial charge >= 0.3 is 0 Å². The molecular formula is C19H14Cl2FN5O. The van der Waals surface area contributed by atoms with Gasteiger partial charge in [-0.2, -0.15) is 0 Å². The number of amides is 1. The van der Waals surface area contributed by atoms with Gasteiger partial charge in [0, 0.05) is 18.5 Å². The minimum Gasteiger partial charge on any atom is -0.323 e. The quantitative estimate of drug-likeness (QED) is 0.656. The van der Waals surface area contributed by atoms with Crippen molar-refractivity contribution in [3.05, 3.63) is 58.7 Å². The molecule has 1 saturated heterocycles. The predicted molar refractivity (Wildman–Crippen MR) is 107 cm³/mol. The molecular weight excluding hydrogens is 404 g/mol. The van der Waals surface area contributed by atoms with Crippen LogP contribution in [0.5, 0.6) is 0 Å². The molecule has 1 N–H and O–H groups in total. The summed E-state index contributed by atoms with van der Waals surface area (Å²) >= 11 is 12.3. The molecule has 1 amide bonds. The Hall–Kier alpha value is -2.77. The van der Waals surface area contributed by atoms with Crippen LogP contribution in [0.3, 0.4) is 0 Å². The van der Waals surface area contributed by atoms with Crippen LogP contribution >= 0.6 is 23.2 Å². The van der Waals surface area contributed by atoms with E-state index in [1.807, 2.05) is 0 Å². The highest BCUT2D eigenvalue weighted by Gasteiger charge is 2.22. The standard InChI is InChI=1S/C19H14Cl2FN5O/c20-15-6-11(22)3-4-14(15)18-16(21)10-24-19(26-18)25-12-7-13(9-23-8-12)27-5-1-2-17(27)28/h3-4,6-10H,1-2,5H2,(H,24,25,26). The number of carbonyl (C=O) groups excluding carboxylic acids is 1. The number of pyridine rings is 1. The van der Waals surface area contributed by atoms with Gasteiger partial charge in [0.2, 0.25) is 11.9 Å². The Morgan fingerprint density at radius 3 is 2.71 bits per heavy atom. The Morgan fingerprint density at radius 2 is 1.96 bits per heavy atom. The third kappa shape index (κ3) is 3.76. The van der Waals surface area contributed by atoms with E-state index in [9.17, 15) is 9.18 Å². The minimum atomic E-state index is -0.448. The number of aromatic nitrogens is 3. The highest BCUT2D eigenvalue weighted by atomic mass is 35.5. The molecule has 142 valence electrons. The van der Waals surface area contributed by atoms with Crippen molar-refractivity contribution < 1.29 is 9.18 Å². The van der Waals surface area contributed by atoms with Crippen molar-refractivity contribution >= 4 is 46.4 Å². The van der Waals surface area contributed by atoms with Gasteiger partial charge in [-0.15, -0.1) is 0 Å². The Balaban J connectivity index is 1.63. The molecule has 1 fully saturated rings. The van der Waals surface area contributed by atoms with Crippen molar-refractivity contribution in [3.8, 4) is 11.3 Å². The number of nitrogens with one attached hydrogen (secondary N) is 1. The zero-order valence-corrected chi connectivity index (χ0v) is 16.0. The Bertz CT molecular complexity index is 1060. The van der Waals surface area contributed by atoms with Crippen molar-refractivity contribution in [3.63, 3.8) is 0 Å². The zero-order chi connectivity index (χ0) is 19.7. The molecule has 6 nitrogen and oxygen atoms in total. The summed E-state index contributed by atoms with van der Waals surface area (Å²) in [4.78, 5) is 26.4. The summed E-state index contributed by atoms with van der Waals surface area (Å²) in [7, 11) is 0. The van der Waals surface area contributed by atoms with E-state index >= 15 is 0 Å². The molecule has 0 atom stereocenters. The second-order valence-electron chi connectivity index (χ2n) is 6.22. The summed E-state index contributed by atoms with van der Waals surface area (Å²) in [5.41, 5.74) is 2.20. The Labute approximate surface area is 170 Å². The van der Waals surface area contributed by atoms with Crippen LogP contribution in [0.15, 0.2) is 42.9 Å². The summed E-state index contributed by atoms with van der Waals surface area (Å²) in [6.45, 7) is 0.675. The molecule has 0 bridgehead atoms. The summed E-state index contributed by atoms with van der Waals surface area (Å²) in [6.07, 6.45) is 6.05. The van der Waals surface area contributed by atoms with Crippen molar-refractivity contribution in [2.75, 3.05) is 16.8 Å². The van der Waals surface area contributed by atoms with Gasteiger partial charge in [-0.05, 0) is 30.7 Å². The van der Waals surface area contributed by atoms with E-state index in [0.29, 0.717) is 35.6 Å². The average Bonchev–Trinajstić information content (AvgIpc) is 3.10. The molecule has 1 aromatic carbocycles. The van der Waals surface area contributed by atoms with Gasteiger partial charge in [-0.1, -0.05) is 23.2 Å². The van der Waals surface area contributed by atoms with Gasteiger partial charge in [-0.3, -0.25) is 9.78 Å². The number of hydrogen-bond donors (Lipinski definition) is 1. The lowest BCUT2D eigenvalue weighted by Crippen LogP contribution is -2.23. The van der Waals surface area contributed by atoms with Crippen molar-refractivity contribution in [1.29, 1.82) is 0 Å². The van der Waals surface area contributed by atoms with Gasteiger partial charge < -0.3 is 10.2 Å². The molecule has 28 heavy (non-hydrogen) atoms. The van der Waals surface area contributed by atoms with E-state index in [1.165, 1.54) is 24.4 Å². The molecule has 0 radical (unpaired) electrons. The molecule has 2 aromatic heterocycles. The highest BCUT2D eigenvalue weighted by molar-refractivity contribution is 6.36. The maximum Gasteiger partial charge on any atom is 0.227 e. The van der Waals surface area contributed by atoms with E-state index in [0.717, 1.165) is 6.42 Å². The number of halogens is 3. The summed E-state index contributed by atoms with van der Waals surface area (Å²) < 4.78 is 13.3. The first-order valence-corrected chi connectivity index (χ1v) is 9.27. The summed E-state index contributed by atoms with van der Waals surface area (Å²) in [6, 6.07) is 5.80. The van der Waals surface area contributed by atoms with E-state index in [4.69, 9.17) is 23.2 Å². The van der Waals surface area contributed by atoms with Gasteiger partial charge in [0.05, 0.1) is 45.7 Å². The van der Waals surface area contributed by atoms with Crippen LogP contribution in [-0.4, -0.2) is 27.4 Å². The first-order valence-electron chi connectivity index (χ1n) is 8.51. The van der Waals surface area contributed by atoms with Crippen LogP contribution in [-0.2, 0) is 4.79 Å². The lowest BCUT2D eigenvalue weighted by molar-refractivity contribution is -0.117. The number of anilines is 3. The maximum absolute atomic E-state index is 13.3. The van der Waals surface area contributed by atoms with Crippen LogP contribution in [0.4, 0.5) is 21.7 Å². The fourth-order valence-electron chi connectivity index (χ4n) is 2.99. The largest absolute Gasteiger partial charge is 0.323 e. The highest BCUT2D eigenvalue weighted by Crippen LogP contribution is 2.33. The first-order chi connectivity index (χ1) is 13.5. The Morgan fingerprint density at radius 1 is 1.11 bits per heavy atom. The van der Waals surface area contributed by atoms with Crippen LogP contribution in [0.1, 0.15) is 12.8 Å². The summed E-state index contributed by atoms with van der Waals surface area (Å²) in [5, 5.41) is 3.54. The fourth-order valence-corrected chi connectivity index (χ4v) is 3.44. The van der Waals surface area contributed by atoms with E-state index < -0.39 is 5.82 Å². The molecule has 0 aliphatic carbocycles. The maximum atomic E-state index is 13.3. The van der Waals surface area contributed by atoms with Crippen LogP contribution in [0, 0.1) is 5.82 Å². The first kappa shape index (κ1) is 18.6. The fraction of sp³-hybridized carbons (Fsp3) is 0.158. The number of nitrogens with zero attached hydrogens (tertiary/aromatic N) is 4. The number of rotatable bonds is 4. The van der Waals surface area contributed by atoms with Gasteiger partial charge in [-0.25, -0.2) is 14.4 Å².